The quantitative estimate of drug-likeness (QED) is 0.133. The minimum Gasteiger partial charge on any atom is -0.480 e. The van der Waals surface area contributed by atoms with Gasteiger partial charge in [-0.25, -0.2) is 9.59 Å². The fourth-order valence-electron chi connectivity index (χ4n) is 1.86. The third-order valence-corrected chi connectivity index (χ3v) is 3.13. The Morgan fingerprint density at radius 2 is 1.74 bits per heavy atom. The van der Waals surface area contributed by atoms with Gasteiger partial charge >= 0.3 is 12.0 Å². The van der Waals surface area contributed by atoms with Crippen LogP contribution in [0.2, 0.25) is 0 Å². The van der Waals surface area contributed by atoms with Crippen LogP contribution in [0.25, 0.3) is 0 Å². The summed E-state index contributed by atoms with van der Waals surface area (Å²) in [7, 11) is 0. The number of carboxylic acids is 1. The Labute approximate surface area is 134 Å². The van der Waals surface area contributed by atoms with Crippen LogP contribution < -0.4 is 27.8 Å². The summed E-state index contributed by atoms with van der Waals surface area (Å²) in [5.74, 6) is -1.62. The zero-order chi connectivity index (χ0) is 17.8. The first-order chi connectivity index (χ1) is 10.7. The van der Waals surface area contributed by atoms with Crippen molar-refractivity contribution in [3.05, 3.63) is 0 Å². The zero-order valence-corrected chi connectivity index (χ0v) is 13.0. The summed E-state index contributed by atoms with van der Waals surface area (Å²) in [5, 5.41) is 20.9. The van der Waals surface area contributed by atoms with Gasteiger partial charge in [0.2, 0.25) is 5.91 Å². The molecular formula is C13H26N6O4. The number of unbranched alkanes of at least 4 members (excludes halogenated alkanes) is 1. The normalized spacial score (nSPS) is 12.9. The van der Waals surface area contributed by atoms with Crippen LogP contribution in [0.4, 0.5) is 4.79 Å². The van der Waals surface area contributed by atoms with E-state index in [1.165, 1.54) is 0 Å². The van der Waals surface area contributed by atoms with Crippen molar-refractivity contribution in [1.29, 1.82) is 5.41 Å². The largest absolute Gasteiger partial charge is 0.480 e. The van der Waals surface area contributed by atoms with Crippen LogP contribution in [0, 0.1) is 5.41 Å². The van der Waals surface area contributed by atoms with E-state index in [1.54, 1.807) is 0 Å². The van der Waals surface area contributed by atoms with Gasteiger partial charge in [0.15, 0.2) is 0 Å². The molecule has 3 amide bonds. The maximum atomic E-state index is 11.9. The molecule has 0 unspecified atom stereocenters. The smallest absolute Gasteiger partial charge is 0.326 e. The number of urea groups is 1. The molecule has 2 atom stereocenters. The molecule has 0 fully saturated rings. The summed E-state index contributed by atoms with van der Waals surface area (Å²) >= 11 is 0. The summed E-state index contributed by atoms with van der Waals surface area (Å²) < 4.78 is 0. The number of primary amides is 1. The van der Waals surface area contributed by atoms with Crippen LogP contribution in [0.1, 0.15) is 38.5 Å². The van der Waals surface area contributed by atoms with Crippen molar-refractivity contribution in [1.82, 2.24) is 10.6 Å². The molecule has 0 saturated carbocycles. The Morgan fingerprint density at radius 1 is 1.09 bits per heavy atom. The van der Waals surface area contributed by atoms with Crippen LogP contribution in [-0.2, 0) is 9.59 Å². The van der Waals surface area contributed by atoms with Gasteiger partial charge in [-0.15, -0.1) is 0 Å². The minimum absolute atomic E-state index is 0.0820. The lowest BCUT2D eigenvalue weighted by Crippen LogP contribution is -2.48. The molecule has 10 heteroatoms. The molecule has 10 nitrogen and oxygen atoms in total. The lowest BCUT2D eigenvalue weighted by molar-refractivity contribution is -0.142. The predicted octanol–water partition coefficient (Wildman–Crippen LogP) is -1.17. The van der Waals surface area contributed by atoms with E-state index in [0.29, 0.717) is 32.1 Å². The lowest BCUT2D eigenvalue weighted by atomic mass is 10.1. The van der Waals surface area contributed by atoms with Crippen LogP contribution in [0.15, 0.2) is 0 Å². The molecule has 0 radical (unpaired) electrons. The number of hydrogen-bond donors (Lipinski definition) is 7. The number of carboxylic acid groups (broad SMARTS) is 1. The van der Waals surface area contributed by atoms with Crippen molar-refractivity contribution in [2.24, 2.45) is 17.2 Å². The summed E-state index contributed by atoms with van der Waals surface area (Å²) in [6, 6.07) is -2.57. The van der Waals surface area contributed by atoms with Crippen LogP contribution >= 0.6 is 0 Å². The monoisotopic (exact) mass is 330 g/mol. The maximum Gasteiger partial charge on any atom is 0.326 e. The van der Waals surface area contributed by atoms with E-state index in [-0.39, 0.29) is 18.8 Å². The topological polar surface area (TPSA) is 197 Å². The number of nitrogens with two attached hydrogens (primary N) is 3. The molecule has 0 aromatic carbocycles. The van der Waals surface area contributed by atoms with E-state index in [9.17, 15) is 14.4 Å². The molecule has 0 aromatic rings. The first kappa shape index (κ1) is 20.6. The fraction of sp³-hybridized carbons (Fsp3) is 0.692. The van der Waals surface area contributed by atoms with E-state index >= 15 is 0 Å². The van der Waals surface area contributed by atoms with Crippen molar-refractivity contribution in [2.75, 3.05) is 6.54 Å². The molecule has 0 aliphatic heterocycles. The van der Waals surface area contributed by atoms with E-state index in [0.717, 1.165) is 0 Å². The van der Waals surface area contributed by atoms with Gasteiger partial charge in [0, 0.05) is 13.0 Å². The lowest BCUT2D eigenvalue weighted by Gasteiger charge is -2.18. The summed E-state index contributed by atoms with van der Waals surface area (Å²) in [6.45, 7) is 0.228. The highest BCUT2D eigenvalue weighted by atomic mass is 16.4. The van der Waals surface area contributed by atoms with Crippen LogP contribution in [-0.4, -0.2) is 47.5 Å². The zero-order valence-electron chi connectivity index (χ0n) is 13.0. The summed E-state index contributed by atoms with van der Waals surface area (Å²) in [4.78, 5) is 33.5. The average molecular weight is 330 g/mol. The van der Waals surface area contributed by atoms with Gasteiger partial charge in [0.25, 0.3) is 0 Å². The number of amides is 3. The highest BCUT2D eigenvalue weighted by Crippen LogP contribution is 2.04. The second-order valence-electron chi connectivity index (χ2n) is 5.21. The first-order valence-electron chi connectivity index (χ1n) is 7.39. The van der Waals surface area contributed by atoms with Crippen LogP contribution in [0.3, 0.4) is 0 Å². The van der Waals surface area contributed by atoms with E-state index in [1.807, 2.05) is 0 Å². The van der Waals surface area contributed by atoms with Gasteiger partial charge in [0.1, 0.15) is 6.04 Å². The van der Waals surface area contributed by atoms with Crippen molar-refractivity contribution in [2.45, 2.75) is 50.6 Å². The Balaban J connectivity index is 4.14. The van der Waals surface area contributed by atoms with E-state index in [2.05, 4.69) is 10.6 Å². The molecule has 0 spiro atoms. The number of carbonyl (C=O) groups excluding carboxylic acids is 2. The van der Waals surface area contributed by atoms with Gasteiger partial charge in [-0.05, 0) is 25.7 Å². The summed E-state index contributed by atoms with van der Waals surface area (Å²) in [5.41, 5.74) is 15.8. The van der Waals surface area contributed by atoms with Crippen molar-refractivity contribution < 1.29 is 19.5 Å². The minimum atomic E-state index is -1.17. The van der Waals surface area contributed by atoms with Gasteiger partial charge in [-0.2, -0.15) is 0 Å². The molecule has 132 valence electrons. The van der Waals surface area contributed by atoms with Crippen LogP contribution in [0.5, 0.6) is 0 Å². The van der Waals surface area contributed by atoms with Gasteiger partial charge in [-0.1, -0.05) is 6.42 Å². The third-order valence-electron chi connectivity index (χ3n) is 3.13. The number of carbonyl (C=O) groups is 3. The van der Waals surface area contributed by atoms with Crippen molar-refractivity contribution >= 4 is 23.7 Å². The predicted molar refractivity (Wildman–Crippen MR) is 84.7 cm³/mol. The molecule has 0 rings (SSSR count). The molecular weight excluding hydrogens is 304 g/mol. The Bertz CT molecular complexity index is 429. The molecule has 0 aromatic heterocycles. The van der Waals surface area contributed by atoms with E-state index < -0.39 is 30.0 Å². The van der Waals surface area contributed by atoms with Gasteiger partial charge in [0.05, 0.1) is 11.9 Å². The molecule has 10 N–H and O–H groups in total. The fourth-order valence-corrected chi connectivity index (χ4v) is 1.86. The SMILES string of the molecule is N=C(N)CCCC[C@H](N)C(=O)N[C@@H](CCCNC(N)=O)C(=O)O. The Morgan fingerprint density at radius 3 is 2.26 bits per heavy atom. The number of amidine groups is 1. The number of hydrogen-bond acceptors (Lipinski definition) is 5. The highest BCUT2D eigenvalue weighted by Gasteiger charge is 2.22. The first-order valence-corrected chi connectivity index (χ1v) is 7.39. The maximum absolute atomic E-state index is 11.9. The average Bonchev–Trinajstić information content (AvgIpc) is 2.45. The summed E-state index contributed by atoms with van der Waals surface area (Å²) in [6.07, 6.45) is 2.60. The molecule has 0 saturated heterocycles. The van der Waals surface area contributed by atoms with Gasteiger partial charge < -0.3 is 32.9 Å². The standard InChI is InChI=1S/C13H26N6O4/c14-8(4-1-2-6-10(15)16)11(20)19-9(12(21)22)5-3-7-18-13(17)23/h8-9H,1-7,14H2,(H3,15,16)(H,19,20)(H,21,22)(H3,17,18,23)/t8-,9-/m0/s1. The van der Waals surface area contributed by atoms with Crippen molar-refractivity contribution in [3.63, 3.8) is 0 Å². The molecule has 0 bridgehead atoms. The molecule has 0 aliphatic carbocycles. The number of aliphatic carboxylic acids is 1. The van der Waals surface area contributed by atoms with E-state index in [4.69, 9.17) is 27.7 Å². The second-order valence-corrected chi connectivity index (χ2v) is 5.21. The highest BCUT2D eigenvalue weighted by molar-refractivity contribution is 5.86. The molecule has 0 heterocycles. The Kier molecular flexibility index (Phi) is 10.1. The molecule has 23 heavy (non-hydrogen) atoms. The van der Waals surface area contributed by atoms with Gasteiger partial charge in [-0.3, -0.25) is 10.2 Å². The Hall–Kier alpha value is -2.36. The second kappa shape index (κ2) is 11.2. The molecule has 0 aliphatic rings. The number of rotatable bonds is 12. The third kappa shape index (κ3) is 10.9. The van der Waals surface area contributed by atoms with Crippen molar-refractivity contribution in [3.8, 4) is 0 Å². The number of nitrogens with one attached hydrogen (secondary N) is 3.